The number of hydrogen-bond acceptors (Lipinski definition) is 3. The minimum Gasteiger partial charge on any atom is -0.336 e. The van der Waals surface area contributed by atoms with Crippen LogP contribution in [0.3, 0.4) is 0 Å². The molecule has 0 aliphatic heterocycles. The van der Waals surface area contributed by atoms with Crippen LogP contribution in [0.5, 0.6) is 0 Å². The Bertz CT molecular complexity index is 456. The van der Waals surface area contributed by atoms with Gasteiger partial charge in [-0.05, 0) is 6.54 Å². The fourth-order valence-electron chi connectivity index (χ4n) is 1.81. The smallest absolute Gasteiger partial charge is 0.130 e. The Labute approximate surface area is 95.1 Å². The van der Waals surface area contributed by atoms with Crippen LogP contribution in [0.4, 0.5) is 0 Å². The number of hydrogen-bond donors (Lipinski definition) is 1. The van der Waals surface area contributed by atoms with Crippen molar-refractivity contribution in [1.29, 1.82) is 0 Å². The number of nitrogens with zero attached hydrogens (tertiary/aromatic N) is 4. The van der Waals surface area contributed by atoms with Crippen LogP contribution in [-0.4, -0.2) is 25.9 Å². The van der Waals surface area contributed by atoms with E-state index in [0.29, 0.717) is 0 Å². The summed E-state index contributed by atoms with van der Waals surface area (Å²) >= 11 is 0. The molecule has 1 atom stereocenters. The van der Waals surface area contributed by atoms with Crippen molar-refractivity contribution in [2.24, 2.45) is 14.1 Å². The summed E-state index contributed by atoms with van der Waals surface area (Å²) in [7, 11) is 3.92. The summed E-state index contributed by atoms with van der Waals surface area (Å²) in [6.45, 7) is 2.98. The van der Waals surface area contributed by atoms with Gasteiger partial charge in [-0.15, -0.1) is 0 Å². The average molecular weight is 219 g/mol. The zero-order valence-corrected chi connectivity index (χ0v) is 9.88. The van der Waals surface area contributed by atoms with Crippen LogP contribution >= 0.6 is 0 Å². The SMILES string of the molecule is CCNC(c1cnn(C)c1)c1nccn1C. The zero-order chi connectivity index (χ0) is 11.5. The van der Waals surface area contributed by atoms with E-state index in [-0.39, 0.29) is 6.04 Å². The molecule has 0 saturated heterocycles. The largest absolute Gasteiger partial charge is 0.336 e. The van der Waals surface area contributed by atoms with Crippen LogP contribution in [0.15, 0.2) is 24.8 Å². The maximum atomic E-state index is 4.38. The molecule has 0 aromatic carbocycles. The maximum absolute atomic E-state index is 4.38. The van der Waals surface area contributed by atoms with Crippen molar-refractivity contribution in [2.75, 3.05) is 6.54 Å². The first-order valence-corrected chi connectivity index (χ1v) is 5.41. The predicted octanol–water partition coefficient (Wildman–Crippen LogP) is 0.852. The summed E-state index contributed by atoms with van der Waals surface area (Å²) < 4.78 is 3.84. The molecule has 86 valence electrons. The lowest BCUT2D eigenvalue weighted by Gasteiger charge is -2.15. The fourth-order valence-corrected chi connectivity index (χ4v) is 1.81. The van der Waals surface area contributed by atoms with E-state index in [1.54, 1.807) is 0 Å². The molecule has 5 heteroatoms. The first-order valence-electron chi connectivity index (χ1n) is 5.41. The van der Waals surface area contributed by atoms with E-state index in [9.17, 15) is 0 Å². The Balaban J connectivity index is 2.34. The third kappa shape index (κ3) is 1.99. The van der Waals surface area contributed by atoms with Crippen LogP contribution in [0.2, 0.25) is 0 Å². The number of imidazole rings is 1. The van der Waals surface area contributed by atoms with Crippen molar-refractivity contribution >= 4 is 0 Å². The molecule has 1 N–H and O–H groups in total. The van der Waals surface area contributed by atoms with Gasteiger partial charge in [0.1, 0.15) is 5.82 Å². The number of nitrogens with one attached hydrogen (secondary N) is 1. The summed E-state index contributed by atoms with van der Waals surface area (Å²) in [5.41, 5.74) is 1.14. The quantitative estimate of drug-likeness (QED) is 0.829. The van der Waals surface area contributed by atoms with E-state index < -0.39 is 0 Å². The second-order valence-corrected chi connectivity index (χ2v) is 3.83. The van der Waals surface area contributed by atoms with Gasteiger partial charge < -0.3 is 9.88 Å². The third-order valence-electron chi connectivity index (χ3n) is 2.58. The van der Waals surface area contributed by atoms with Crippen molar-refractivity contribution in [2.45, 2.75) is 13.0 Å². The highest BCUT2D eigenvalue weighted by Crippen LogP contribution is 2.19. The molecule has 2 aromatic rings. The molecule has 0 spiro atoms. The highest BCUT2D eigenvalue weighted by atomic mass is 15.2. The number of aryl methyl sites for hydroxylation is 2. The summed E-state index contributed by atoms with van der Waals surface area (Å²) in [6.07, 6.45) is 7.66. The van der Waals surface area contributed by atoms with E-state index in [2.05, 4.69) is 22.3 Å². The molecule has 2 rings (SSSR count). The summed E-state index contributed by atoms with van der Waals surface area (Å²) in [5.74, 6) is 1.01. The van der Waals surface area contributed by atoms with Crippen molar-refractivity contribution in [3.63, 3.8) is 0 Å². The molecule has 2 aromatic heterocycles. The summed E-state index contributed by atoms with van der Waals surface area (Å²) in [5, 5.41) is 7.62. The second-order valence-electron chi connectivity index (χ2n) is 3.83. The standard InChI is InChI=1S/C11H17N5/c1-4-12-10(9-7-14-16(3)8-9)11-13-5-6-15(11)2/h5-8,10,12H,4H2,1-3H3. The molecule has 2 heterocycles. The van der Waals surface area contributed by atoms with Gasteiger partial charge in [0.15, 0.2) is 0 Å². The van der Waals surface area contributed by atoms with Gasteiger partial charge >= 0.3 is 0 Å². The van der Waals surface area contributed by atoms with Crippen molar-refractivity contribution < 1.29 is 0 Å². The van der Waals surface area contributed by atoms with Crippen molar-refractivity contribution in [3.8, 4) is 0 Å². The molecule has 5 nitrogen and oxygen atoms in total. The Morgan fingerprint density at radius 1 is 1.44 bits per heavy atom. The normalized spacial score (nSPS) is 12.9. The monoisotopic (exact) mass is 219 g/mol. The van der Waals surface area contributed by atoms with Gasteiger partial charge in [0.05, 0.1) is 12.2 Å². The van der Waals surface area contributed by atoms with Gasteiger partial charge in [-0.3, -0.25) is 4.68 Å². The minimum absolute atomic E-state index is 0.110. The van der Waals surface area contributed by atoms with Gasteiger partial charge in [0.2, 0.25) is 0 Å². The minimum atomic E-state index is 0.110. The lowest BCUT2D eigenvalue weighted by atomic mass is 10.1. The Morgan fingerprint density at radius 2 is 2.25 bits per heavy atom. The highest BCUT2D eigenvalue weighted by molar-refractivity contribution is 5.20. The van der Waals surface area contributed by atoms with Crippen LogP contribution in [-0.2, 0) is 14.1 Å². The molecule has 0 fully saturated rings. The first-order chi connectivity index (χ1) is 7.72. The molecule has 0 saturated carbocycles. The van der Waals surface area contributed by atoms with Crippen molar-refractivity contribution in [3.05, 3.63) is 36.2 Å². The Morgan fingerprint density at radius 3 is 2.75 bits per heavy atom. The fraction of sp³-hybridized carbons (Fsp3) is 0.455. The molecule has 16 heavy (non-hydrogen) atoms. The summed E-state index contributed by atoms with van der Waals surface area (Å²) in [6, 6.07) is 0.110. The molecule has 0 radical (unpaired) electrons. The maximum Gasteiger partial charge on any atom is 0.130 e. The molecule has 0 aliphatic rings. The molecular weight excluding hydrogens is 202 g/mol. The van der Waals surface area contributed by atoms with E-state index in [4.69, 9.17) is 0 Å². The van der Waals surface area contributed by atoms with E-state index in [0.717, 1.165) is 17.9 Å². The molecule has 1 unspecified atom stereocenters. The zero-order valence-electron chi connectivity index (χ0n) is 9.88. The predicted molar refractivity (Wildman–Crippen MR) is 61.9 cm³/mol. The molecule has 0 aliphatic carbocycles. The van der Waals surface area contributed by atoms with Gasteiger partial charge in [-0.25, -0.2) is 4.98 Å². The van der Waals surface area contributed by atoms with Crippen LogP contribution in [0.25, 0.3) is 0 Å². The molecular formula is C11H17N5. The van der Waals surface area contributed by atoms with Gasteiger partial charge in [0, 0.05) is 38.2 Å². The van der Waals surface area contributed by atoms with E-state index in [1.807, 2.05) is 48.1 Å². The lowest BCUT2D eigenvalue weighted by Crippen LogP contribution is -2.24. The van der Waals surface area contributed by atoms with Gasteiger partial charge in [0.25, 0.3) is 0 Å². The van der Waals surface area contributed by atoms with Crippen molar-refractivity contribution in [1.82, 2.24) is 24.6 Å². The number of rotatable bonds is 4. The van der Waals surface area contributed by atoms with Crippen LogP contribution in [0.1, 0.15) is 24.4 Å². The van der Waals surface area contributed by atoms with Crippen LogP contribution in [0, 0.1) is 0 Å². The number of aromatic nitrogens is 4. The summed E-state index contributed by atoms with van der Waals surface area (Å²) in [4.78, 5) is 4.38. The van der Waals surface area contributed by atoms with Gasteiger partial charge in [-0.2, -0.15) is 5.10 Å². The molecule has 0 amide bonds. The Hall–Kier alpha value is -1.62. The second kappa shape index (κ2) is 4.49. The highest BCUT2D eigenvalue weighted by Gasteiger charge is 2.18. The van der Waals surface area contributed by atoms with Gasteiger partial charge in [-0.1, -0.05) is 6.92 Å². The third-order valence-corrected chi connectivity index (χ3v) is 2.58. The Kier molecular flexibility index (Phi) is 3.05. The topological polar surface area (TPSA) is 47.7 Å². The first kappa shape index (κ1) is 10.9. The van der Waals surface area contributed by atoms with E-state index >= 15 is 0 Å². The van der Waals surface area contributed by atoms with Crippen LogP contribution < -0.4 is 5.32 Å². The molecule has 0 bridgehead atoms. The average Bonchev–Trinajstić information content (AvgIpc) is 2.84. The van der Waals surface area contributed by atoms with E-state index in [1.165, 1.54) is 0 Å². The lowest BCUT2D eigenvalue weighted by molar-refractivity contribution is 0.576.